The Morgan fingerprint density at radius 3 is 2.77 bits per heavy atom. The molecule has 0 aromatic heterocycles. The van der Waals surface area contributed by atoms with Crippen LogP contribution in [0.4, 0.5) is 0 Å². The molecule has 1 aromatic rings. The predicted molar refractivity (Wildman–Crippen MR) is 132 cm³/mol. The number of likely N-dealkylation sites (tertiary alicyclic amines) is 1. The monoisotopic (exact) mass is 567 g/mol. The number of benzene rings is 1. The zero-order valence-electron chi connectivity index (χ0n) is 18.4. The number of hydrogen-bond acceptors (Lipinski definition) is 5. The first kappa shape index (κ1) is 27.6. The van der Waals surface area contributed by atoms with Crippen molar-refractivity contribution in [1.29, 1.82) is 0 Å². The van der Waals surface area contributed by atoms with Crippen LogP contribution in [0.15, 0.2) is 34.2 Å². The number of sulfonamides is 1. The minimum absolute atomic E-state index is 0. The third kappa shape index (κ3) is 8.91. The summed E-state index contributed by atoms with van der Waals surface area (Å²) in [5.74, 6) is 0.818. The highest BCUT2D eigenvalue weighted by atomic mass is 127. The highest BCUT2D eigenvalue weighted by molar-refractivity contribution is 14.0. The van der Waals surface area contributed by atoms with E-state index in [0.717, 1.165) is 18.5 Å². The molecule has 1 aliphatic heterocycles. The van der Waals surface area contributed by atoms with Crippen LogP contribution in [-0.4, -0.2) is 71.1 Å². The third-order valence-electron chi connectivity index (χ3n) is 4.76. The molecule has 0 spiro atoms. The summed E-state index contributed by atoms with van der Waals surface area (Å²) < 4.78 is 32.2. The van der Waals surface area contributed by atoms with Crippen molar-refractivity contribution in [2.75, 3.05) is 39.9 Å². The second-order valence-electron chi connectivity index (χ2n) is 7.06. The molecule has 1 saturated heterocycles. The van der Waals surface area contributed by atoms with Crippen molar-refractivity contribution in [1.82, 2.24) is 20.3 Å². The summed E-state index contributed by atoms with van der Waals surface area (Å²) in [5.41, 5.74) is 0.788. The molecule has 31 heavy (non-hydrogen) atoms. The number of hydrogen-bond donors (Lipinski definition) is 3. The first-order valence-corrected chi connectivity index (χ1v) is 11.8. The summed E-state index contributed by atoms with van der Waals surface area (Å²) in [6, 6.07) is 6.89. The topological polar surface area (TPSA) is 112 Å². The Balaban J connectivity index is 0.00000480. The van der Waals surface area contributed by atoms with Gasteiger partial charge in [0.15, 0.2) is 5.96 Å². The summed E-state index contributed by atoms with van der Waals surface area (Å²) in [7, 11) is -2.06. The van der Waals surface area contributed by atoms with Gasteiger partial charge in [-0.05, 0) is 31.0 Å². The Morgan fingerprint density at radius 2 is 2.10 bits per heavy atom. The average Bonchev–Trinajstić information content (AvgIpc) is 3.20. The van der Waals surface area contributed by atoms with Crippen molar-refractivity contribution in [2.24, 2.45) is 4.99 Å². The zero-order valence-corrected chi connectivity index (χ0v) is 21.5. The van der Waals surface area contributed by atoms with Gasteiger partial charge in [0.1, 0.15) is 0 Å². The van der Waals surface area contributed by atoms with Crippen LogP contribution in [0.25, 0.3) is 0 Å². The smallest absolute Gasteiger partial charge is 0.240 e. The summed E-state index contributed by atoms with van der Waals surface area (Å²) in [4.78, 5) is 18.5. The first-order chi connectivity index (χ1) is 14.4. The normalized spacial score (nSPS) is 16.7. The van der Waals surface area contributed by atoms with E-state index < -0.39 is 10.0 Å². The summed E-state index contributed by atoms with van der Waals surface area (Å²) >= 11 is 0. The molecule has 9 nitrogen and oxygen atoms in total. The summed E-state index contributed by atoms with van der Waals surface area (Å²) in [6.07, 6.45) is 1.39. The minimum atomic E-state index is -3.59. The molecule has 1 unspecified atom stereocenters. The number of aliphatic imine (C=N–C) groups is 1. The lowest BCUT2D eigenvalue weighted by Crippen LogP contribution is -2.45. The molecule has 1 heterocycles. The van der Waals surface area contributed by atoms with E-state index in [1.165, 1.54) is 7.11 Å². The number of amides is 1. The molecule has 0 radical (unpaired) electrons. The van der Waals surface area contributed by atoms with E-state index in [1.54, 1.807) is 18.2 Å². The Morgan fingerprint density at radius 1 is 1.32 bits per heavy atom. The maximum absolute atomic E-state index is 12.4. The molecule has 1 amide bonds. The van der Waals surface area contributed by atoms with Gasteiger partial charge in [-0.3, -0.25) is 4.79 Å². The molecule has 176 valence electrons. The molecule has 0 bridgehead atoms. The SMILES string of the molecule is CCNC(=NCc1cccc(S(=O)(=O)NCCOC)c1)NC1CCN(C(=O)CC)C1.I. The maximum atomic E-state index is 12.4. The van der Waals surface area contributed by atoms with Crippen molar-refractivity contribution >= 4 is 45.9 Å². The second-order valence-corrected chi connectivity index (χ2v) is 8.82. The molecule has 11 heteroatoms. The van der Waals surface area contributed by atoms with Gasteiger partial charge in [0.2, 0.25) is 15.9 Å². The number of guanidine groups is 1. The van der Waals surface area contributed by atoms with Gasteiger partial charge in [-0.15, -0.1) is 24.0 Å². The molecular weight excluding hydrogens is 533 g/mol. The highest BCUT2D eigenvalue weighted by Crippen LogP contribution is 2.13. The van der Waals surface area contributed by atoms with Crippen LogP contribution in [-0.2, 0) is 26.1 Å². The van der Waals surface area contributed by atoms with E-state index in [1.807, 2.05) is 24.8 Å². The minimum Gasteiger partial charge on any atom is -0.383 e. The van der Waals surface area contributed by atoms with Crippen LogP contribution < -0.4 is 15.4 Å². The number of rotatable bonds is 10. The van der Waals surface area contributed by atoms with Crippen LogP contribution >= 0.6 is 24.0 Å². The molecular formula is C20H34IN5O4S. The van der Waals surface area contributed by atoms with Crippen molar-refractivity contribution < 1.29 is 17.9 Å². The van der Waals surface area contributed by atoms with E-state index in [4.69, 9.17) is 4.74 Å². The molecule has 3 N–H and O–H groups in total. The number of halogens is 1. The Bertz CT molecular complexity index is 835. The van der Waals surface area contributed by atoms with E-state index in [0.29, 0.717) is 38.6 Å². The highest BCUT2D eigenvalue weighted by Gasteiger charge is 2.25. The number of nitrogens with one attached hydrogen (secondary N) is 3. The van der Waals surface area contributed by atoms with Gasteiger partial charge in [0.05, 0.1) is 18.0 Å². The van der Waals surface area contributed by atoms with Crippen molar-refractivity contribution in [3.63, 3.8) is 0 Å². The molecule has 1 aromatic carbocycles. The fourth-order valence-corrected chi connectivity index (χ4v) is 4.27. The molecule has 1 atom stereocenters. The van der Waals surface area contributed by atoms with Gasteiger partial charge < -0.3 is 20.3 Å². The number of carbonyl (C=O) groups is 1. The Hall–Kier alpha value is -1.44. The first-order valence-electron chi connectivity index (χ1n) is 10.3. The van der Waals surface area contributed by atoms with E-state index in [2.05, 4.69) is 20.3 Å². The fourth-order valence-electron chi connectivity index (χ4n) is 3.18. The molecule has 1 aliphatic rings. The van der Waals surface area contributed by atoms with Gasteiger partial charge in [-0.2, -0.15) is 0 Å². The van der Waals surface area contributed by atoms with Gasteiger partial charge in [-0.25, -0.2) is 18.1 Å². The fraction of sp³-hybridized carbons (Fsp3) is 0.600. The predicted octanol–water partition coefficient (Wildman–Crippen LogP) is 1.30. The van der Waals surface area contributed by atoms with Gasteiger partial charge in [-0.1, -0.05) is 19.1 Å². The molecule has 0 aliphatic carbocycles. The lowest BCUT2D eigenvalue weighted by molar-refractivity contribution is -0.129. The average molecular weight is 567 g/mol. The number of nitrogens with zero attached hydrogens (tertiary/aromatic N) is 2. The zero-order chi connectivity index (χ0) is 22.0. The summed E-state index contributed by atoms with van der Waals surface area (Å²) in [5, 5.41) is 6.58. The summed E-state index contributed by atoms with van der Waals surface area (Å²) in [6.45, 7) is 6.83. The lowest BCUT2D eigenvalue weighted by Gasteiger charge is -2.18. The van der Waals surface area contributed by atoms with Crippen LogP contribution in [0.3, 0.4) is 0 Å². The Kier molecular flexibility index (Phi) is 12.3. The molecule has 2 rings (SSSR count). The van der Waals surface area contributed by atoms with Crippen LogP contribution in [0, 0.1) is 0 Å². The van der Waals surface area contributed by atoms with Gasteiger partial charge >= 0.3 is 0 Å². The third-order valence-corrected chi connectivity index (χ3v) is 6.21. The number of methoxy groups -OCH3 is 1. The molecule has 0 saturated carbocycles. The van der Waals surface area contributed by atoms with E-state index in [9.17, 15) is 13.2 Å². The van der Waals surface area contributed by atoms with Gasteiger partial charge in [0.25, 0.3) is 0 Å². The Labute approximate surface area is 202 Å². The lowest BCUT2D eigenvalue weighted by atomic mass is 10.2. The number of carbonyl (C=O) groups excluding carboxylic acids is 1. The maximum Gasteiger partial charge on any atom is 0.240 e. The quantitative estimate of drug-likeness (QED) is 0.170. The largest absolute Gasteiger partial charge is 0.383 e. The van der Waals surface area contributed by atoms with Crippen LogP contribution in [0.2, 0.25) is 0 Å². The number of ether oxygens (including phenoxy) is 1. The van der Waals surface area contributed by atoms with E-state index >= 15 is 0 Å². The standard InChI is InChI=1S/C20H33N5O4S.HI/c1-4-19(26)25-11-9-17(15-25)24-20(21-5-2)22-14-16-7-6-8-18(13-16)30(27,28)23-10-12-29-3;/h6-8,13,17,23H,4-5,9-12,14-15H2,1-3H3,(H2,21,22,24);1H. The van der Waals surface area contributed by atoms with Crippen molar-refractivity contribution in [3.05, 3.63) is 29.8 Å². The van der Waals surface area contributed by atoms with Gasteiger partial charge in [0, 0.05) is 45.8 Å². The molecule has 1 fully saturated rings. The second kappa shape index (κ2) is 13.9. The van der Waals surface area contributed by atoms with E-state index in [-0.39, 0.29) is 47.4 Å². The van der Waals surface area contributed by atoms with Crippen molar-refractivity contribution in [3.8, 4) is 0 Å². The van der Waals surface area contributed by atoms with Crippen LogP contribution in [0.1, 0.15) is 32.3 Å². The van der Waals surface area contributed by atoms with Crippen LogP contribution in [0.5, 0.6) is 0 Å². The van der Waals surface area contributed by atoms with Crippen molar-refractivity contribution in [2.45, 2.75) is 44.2 Å².